The fraction of sp³-hybridized carbons (Fsp3) is 0.818. The predicted molar refractivity (Wildman–Crippen MR) is 69.3 cm³/mol. The fourth-order valence-corrected chi connectivity index (χ4v) is 3.40. The summed E-state index contributed by atoms with van der Waals surface area (Å²) in [6.07, 6.45) is 3.54. The van der Waals surface area contributed by atoms with E-state index in [2.05, 4.69) is 20.0 Å². The number of hydrogen-bond acceptors (Lipinski definition) is 6. The van der Waals surface area contributed by atoms with Gasteiger partial charge in [0.1, 0.15) is 5.51 Å². The highest BCUT2D eigenvalue weighted by molar-refractivity contribution is 7.13. The molecular formula is C11H19N5S. The monoisotopic (exact) mass is 253 g/mol. The van der Waals surface area contributed by atoms with Crippen LogP contribution in [0.2, 0.25) is 0 Å². The van der Waals surface area contributed by atoms with Gasteiger partial charge < -0.3 is 10.6 Å². The molecule has 0 radical (unpaired) electrons. The Morgan fingerprint density at radius 2 is 2.06 bits per heavy atom. The fourth-order valence-electron chi connectivity index (χ4n) is 2.80. The van der Waals surface area contributed by atoms with Gasteiger partial charge in [-0.25, -0.2) is 0 Å². The lowest BCUT2D eigenvalue weighted by atomic mass is 10.0. The smallest absolute Gasteiger partial charge is 0.208 e. The molecule has 1 aromatic heterocycles. The van der Waals surface area contributed by atoms with Gasteiger partial charge in [0.2, 0.25) is 5.13 Å². The number of likely N-dealkylation sites (tertiary alicyclic amines) is 1. The van der Waals surface area contributed by atoms with Crippen LogP contribution in [0, 0.1) is 0 Å². The van der Waals surface area contributed by atoms with Gasteiger partial charge >= 0.3 is 0 Å². The normalized spacial score (nSPS) is 27.8. The number of aromatic nitrogens is 2. The highest BCUT2D eigenvalue weighted by Crippen LogP contribution is 2.25. The molecule has 0 aliphatic carbocycles. The molecule has 2 fully saturated rings. The Morgan fingerprint density at radius 1 is 1.24 bits per heavy atom. The highest BCUT2D eigenvalue weighted by Gasteiger charge is 2.30. The van der Waals surface area contributed by atoms with E-state index in [0.29, 0.717) is 12.1 Å². The topological polar surface area (TPSA) is 58.3 Å². The summed E-state index contributed by atoms with van der Waals surface area (Å²) in [6, 6.07) is 1.11. The van der Waals surface area contributed by atoms with Gasteiger partial charge in [0.25, 0.3) is 0 Å². The predicted octanol–water partition coefficient (Wildman–Crippen LogP) is 0.540. The molecular weight excluding hydrogens is 234 g/mol. The Balaban J connectivity index is 1.57. The maximum atomic E-state index is 5.95. The summed E-state index contributed by atoms with van der Waals surface area (Å²) in [5.41, 5.74) is 7.75. The zero-order valence-corrected chi connectivity index (χ0v) is 10.8. The first kappa shape index (κ1) is 11.4. The molecule has 2 saturated heterocycles. The average Bonchev–Trinajstić information content (AvgIpc) is 3.00. The second-order valence-corrected chi connectivity index (χ2v) is 5.79. The molecule has 0 spiro atoms. The number of nitrogens with zero attached hydrogens (tertiary/aromatic N) is 4. The quantitative estimate of drug-likeness (QED) is 0.833. The van der Waals surface area contributed by atoms with Crippen LogP contribution in [0.25, 0.3) is 0 Å². The summed E-state index contributed by atoms with van der Waals surface area (Å²) >= 11 is 1.63. The number of anilines is 1. The average molecular weight is 253 g/mol. The van der Waals surface area contributed by atoms with Crippen LogP contribution < -0.4 is 10.6 Å². The van der Waals surface area contributed by atoms with Crippen LogP contribution in [0.1, 0.15) is 19.3 Å². The summed E-state index contributed by atoms with van der Waals surface area (Å²) in [7, 11) is 0. The molecule has 2 aliphatic heterocycles. The maximum Gasteiger partial charge on any atom is 0.208 e. The third kappa shape index (κ3) is 2.43. The molecule has 0 aromatic carbocycles. The van der Waals surface area contributed by atoms with Gasteiger partial charge in [0.05, 0.1) is 0 Å². The molecule has 1 unspecified atom stereocenters. The maximum absolute atomic E-state index is 5.95. The molecule has 6 heteroatoms. The van der Waals surface area contributed by atoms with E-state index in [9.17, 15) is 0 Å². The van der Waals surface area contributed by atoms with Crippen LogP contribution in [0.15, 0.2) is 5.51 Å². The molecule has 3 rings (SSSR count). The van der Waals surface area contributed by atoms with Crippen molar-refractivity contribution in [3.05, 3.63) is 5.51 Å². The standard InChI is InChI=1S/C11H19N5S/c12-9-1-4-15(5-2-9)10-3-6-16(7-10)11-14-13-8-17-11/h8-10H,1-7,12H2. The molecule has 0 amide bonds. The molecule has 2 N–H and O–H groups in total. The van der Waals surface area contributed by atoms with E-state index in [1.54, 1.807) is 11.3 Å². The Bertz CT molecular complexity index is 347. The first-order valence-corrected chi connectivity index (χ1v) is 7.21. The molecule has 3 heterocycles. The van der Waals surface area contributed by atoms with Gasteiger partial charge in [0, 0.05) is 25.2 Å². The second-order valence-electron chi connectivity index (χ2n) is 4.98. The molecule has 0 bridgehead atoms. The van der Waals surface area contributed by atoms with Crippen LogP contribution in [-0.2, 0) is 0 Å². The Kier molecular flexibility index (Phi) is 3.26. The van der Waals surface area contributed by atoms with Gasteiger partial charge in [-0.1, -0.05) is 11.3 Å². The van der Waals surface area contributed by atoms with Gasteiger partial charge in [0.15, 0.2) is 0 Å². The molecule has 1 atom stereocenters. The van der Waals surface area contributed by atoms with E-state index in [4.69, 9.17) is 5.73 Å². The number of nitrogens with two attached hydrogens (primary N) is 1. The van der Waals surface area contributed by atoms with Crippen molar-refractivity contribution in [2.45, 2.75) is 31.3 Å². The molecule has 2 aliphatic rings. The van der Waals surface area contributed by atoms with Gasteiger partial charge in [-0.05, 0) is 32.4 Å². The van der Waals surface area contributed by atoms with Crippen molar-refractivity contribution in [1.82, 2.24) is 15.1 Å². The van der Waals surface area contributed by atoms with E-state index in [1.165, 1.54) is 6.42 Å². The van der Waals surface area contributed by atoms with Crippen molar-refractivity contribution in [3.63, 3.8) is 0 Å². The Morgan fingerprint density at radius 3 is 2.76 bits per heavy atom. The highest BCUT2D eigenvalue weighted by atomic mass is 32.1. The first-order chi connectivity index (χ1) is 8.33. The van der Waals surface area contributed by atoms with Gasteiger partial charge in [-0.3, -0.25) is 4.90 Å². The number of rotatable bonds is 2. The Labute approximate surface area is 106 Å². The van der Waals surface area contributed by atoms with Crippen LogP contribution in [0.4, 0.5) is 5.13 Å². The molecule has 17 heavy (non-hydrogen) atoms. The van der Waals surface area contributed by atoms with Gasteiger partial charge in [-0.15, -0.1) is 10.2 Å². The minimum Gasteiger partial charge on any atom is -0.345 e. The second kappa shape index (κ2) is 4.88. The Hall–Kier alpha value is -0.720. The molecule has 0 saturated carbocycles. The van der Waals surface area contributed by atoms with E-state index in [1.807, 2.05) is 5.51 Å². The summed E-state index contributed by atoms with van der Waals surface area (Å²) in [4.78, 5) is 4.96. The zero-order chi connectivity index (χ0) is 11.7. The molecule has 94 valence electrons. The molecule has 5 nitrogen and oxygen atoms in total. The summed E-state index contributed by atoms with van der Waals surface area (Å²) in [5.74, 6) is 0. The summed E-state index contributed by atoms with van der Waals surface area (Å²) in [5, 5.41) is 9.13. The van der Waals surface area contributed by atoms with Crippen molar-refractivity contribution in [1.29, 1.82) is 0 Å². The minimum absolute atomic E-state index is 0.423. The van der Waals surface area contributed by atoms with E-state index in [-0.39, 0.29) is 0 Å². The summed E-state index contributed by atoms with van der Waals surface area (Å²) in [6.45, 7) is 4.54. The van der Waals surface area contributed by atoms with Crippen LogP contribution in [-0.4, -0.2) is 53.4 Å². The number of piperidine rings is 1. The van der Waals surface area contributed by atoms with Crippen molar-refractivity contribution in [2.75, 3.05) is 31.1 Å². The van der Waals surface area contributed by atoms with Crippen molar-refractivity contribution >= 4 is 16.5 Å². The van der Waals surface area contributed by atoms with Crippen LogP contribution in [0.5, 0.6) is 0 Å². The van der Waals surface area contributed by atoms with E-state index in [0.717, 1.165) is 44.2 Å². The van der Waals surface area contributed by atoms with Crippen molar-refractivity contribution < 1.29 is 0 Å². The third-order valence-corrected chi connectivity index (χ3v) is 4.62. The minimum atomic E-state index is 0.423. The lowest BCUT2D eigenvalue weighted by molar-refractivity contribution is 0.163. The largest absolute Gasteiger partial charge is 0.345 e. The van der Waals surface area contributed by atoms with Crippen LogP contribution >= 0.6 is 11.3 Å². The van der Waals surface area contributed by atoms with Gasteiger partial charge in [-0.2, -0.15) is 0 Å². The summed E-state index contributed by atoms with van der Waals surface area (Å²) < 4.78 is 0. The number of hydrogen-bond donors (Lipinski definition) is 1. The van der Waals surface area contributed by atoms with E-state index >= 15 is 0 Å². The SMILES string of the molecule is NC1CCN(C2CCN(c3nncs3)C2)CC1. The van der Waals surface area contributed by atoms with Crippen molar-refractivity contribution in [3.8, 4) is 0 Å². The van der Waals surface area contributed by atoms with Crippen LogP contribution in [0.3, 0.4) is 0 Å². The lowest BCUT2D eigenvalue weighted by Crippen LogP contribution is -2.46. The lowest BCUT2D eigenvalue weighted by Gasteiger charge is -2.34. The molecule has 1 aromatic rings. The van der Waals surface area contributed by atoms with E-state index < -0.39 is 0 Å². The zero-order valence-electron chi connectivity index (χ0n) is 9.96. The third-order valence-electron chi connectivity index (χ3n) is 3.87. The first-order valence-electron chi connectivity index (χ1n) is 6.33. The van der Waals surface area contributed by atoms with Crippen molar-refractivity contribution in [2.24, 2.45) is 5.73 Å².